The summed E-state index contributed by atoms with van der Waals surface area (Å²) >= 11 is 0. The first-order valence-corrected chi connectivity index (χ1v) is 4.38. The van der Waals surface area contributed by atoms with E-state index in [2.05, 4.69) is 11.8 Å². The van der Waals surface area contributed by atoms with Gasteiger partial charge in [-0.05, 0) is 20.3 Å². The van der Waals surface area contributed by atoms with Crippen molar-refractivity contribution < 1.29 is 9.84 Å². The van der Waals surface area contributed by atoms with Crippen molar-refractivity contribution in [2.24, 2.45) is 0 Å². The third-order valence-corrected chi connectivity index (χ3v) is 1.91. The molecule has 0 radical (unpaired) electrons. The van der Waals surface area contributed by atoms with Crippen molar-refractivity contribution in [1.82, 2.24) is 0 Å². The summed E-state index contributed by atoms with van der Waals surface area (Å²) in [4.78, 5) is 0. The quantitative estimate of drug-likeness (QED) is 0.498. The zero-order chi connectivity index (χ0) is 9.24. The minimum Gasteiger partial charge on any atom is -0.378 e. The standard InChI is InChI=1S/C10H16O2/c1-4-5-9(2,11)6-7-10(3)8-12-10/h11H,4-5,8H2,1-3H3. The number of hydrogen-bond acceptors (Lipinski definition) is 2. The molecule has 0 aromatic heterocycles. The van der Waals surface area contributed by atoms with Gasteiger partial charge in [0.05, 0.1) is 6.61 Å². The van der Waals surface area contributed by atoms with E-state index in [0.717, 1.165) is 12.8 Å². The van der Waals surface area contributed by atoms with Gasteiger partial charge in [0, 0.05) is 0 Å². The lowest BCUT2D eigenvalue weighted by molar-refractivity contribution is 0.111. The van der Waals surface area contributed by atoms with Crippen LogP contribution in [0.5, 0.6) is 0 Å². The van der Waals surface area contributed by atoms with E-state index in [4.69, 9.17) is 4.74 Å². The average Bonchev–Trinajstić information content (AvgIpc) is 2.66. The predicted molar refractivity (Wildman–Crippen MR) is 47.7 cm³/mol. The zero-order valence-electron chi connectivity index (χ0n) is 7.98. The van der Waals surface area contributed by atoms with Gasteiger partial charge in [0.2, 0.25) is 0 Å². The van der Waals surface area contributed by atoms with Crippen molar-refractivity contribution in [1.29, 1.82) is 0 Å². The Morgan fingerprint density at radius 1 is 1.67 bits per heavy atom. The van der Waals surface area contributed by atoms with Crippen LogP contribution in [0.3, 0.4) is 0 Å². The van der Waals surface area contributed by atoms with Crippen molar-refractivity contribution in [3.63, 3.8) is 0 Å². The third kappa shape index (κ3) is 2.84. The summed E-state index contributed by atoms with van der Waals surface area (Å²) in [6, 6.07) is 0. The number of aliphatic hydroxyl groups is 1. The Balaban J connectivity index is 2.50. The van der Waals surface area contributed by atoms with Gasteiger partial charge in [-0.15, -0.1) is 0 Å². The van der Waals surface area contributed by atoms with Crippen molar-refractivity contribution in [2.45, 2.75) is 44.8 Å². The normalized spacial score (nSPS) is 31.7. The molecule has 0 saturated carbocycles. The molecule has 12 heavy (non-hydrogen) atoms. The summed E-state index contributed by atoms with van der Waals surface area (Å²) in [7, 11) is 0. The van der Waals surface area contributed by atoms with Crippen molar-refractivity contribution in [2.75, 3.05) is 6.61 Å². The van der Waals surface area contributed by atoms with Crippen LogP contribution in [0.15, 0.2) is 0 Å². The molecular formula is C10H16O2. The van der Waals surface area contributed by atoms with Gasteiger partial charge in [-0.1, -0.05) is 25.2 Å². The van der Waals surface area contributed by atoms with E-state index in [1.807, 2.05) is 13.8 Å². The maximum absolute atomic E-state index is 9.68. The summed E-state index contributed by atoms with van der Waals surface area (Å²) < 4.78 is 5.08. The molecule has 1 aliphatic heterocycles. The Morgan fingerprint density at radius 2 is 2.25 bits per heavy atom. The van der Waals surface area contributed by atoms with Crippen molar-refractivity contribution >= 4 is 0 Å². The SMILES string of the molecule is CCCC(C)(O)C#CC1(C)CO1. The Kier molecular flexibility index (Phi) is 2.46. The topological polar surface area (TPSA) is 32.8 Å². The molecule has 1 fully saturated rings. The number of ether oxygens (including phenoxy) is 1. The molecule has 2 atom stereocenters. The van der Waals surface area contributed by atoms with E-state index in [1.54, 1.807) is 6.92 Å². The molecule has 68 valence electrons. The van der Waals surface area contributed by atoms with Gasteiger partial charge in [-0.2, -0.15) is 0 Å². The van der Waals surface area contributed by atoms with Gasteiger partial charge < -0.3 is 9.84 Å². The Morgan fingerprint density at radius 3 is 2.67 bits per heavy atom. The summed E-state index contributed by atoms with van der Waals surface area (Å²) in [5, 5.41) is 9.68. The maximum atomic E-state index is 9.68. The van der Waals surface area contributed by atoms with Gasteiger partial charge in [0.1, 0.15) is 11.2 Å². The van der Waals surface area contributed by atoms with E-state index in [1.165, 1.54) is 0 Å². The molecule has 1 aliphatic rings. The highest BCUT2D eigenvalue weighted by molar-refractivity contribution is 5.23. The van der Waals surface area contributed by atoms with Crippen LogP contribution in [0.25, 0.3) is 0 Å². The Labute approximate surface area is 73.9 Å². The van der Waals surface area contributed by atoms with Gasteiger partial charge >= 0.3 is 0 Å². The van der Waals surface area contributed by atoms with Crippen LogP contribution >= 0.6 is 0 Å². The van der Waals surface area contributed by atoms with Gasteiger partial charge in [0.15, 0.2) is 0 Å². The second kappa shape index (κ2) is 3.08. The second-order valence-corrected chi connectivity index (χ2v) is 3.79. The number of rotatable bonds is 2. The molecule has 0 aliphatic carbocycles. The molecule has 0 spiro atoms. The molecule has 0 bridgehead atoms. The average molecular weight is 168 g/mol. The third-order valence-electron chi connectivity index (χ3n) is 1.91. The largest absolute Gasteiger partial charge is 0.378 e. The molecule has 1 rings (SSSR count). The molecule has 2 unspecified atom stereocenters. The molecule has 1 saturated heterocycles. The predicted octanol–water partition coefficient (Wildman–Crippen LogP) is 1.33. The highest BCUT2D eigenvalue weighted by Crippen LogP contribution is 2.25. The van der Waals surface area contributed by atoms with Crippen LogP contribution in [0.4, 0.5) is 0 Å². The molecule has 0 aromatic rings. The lowest BCUT2D eigenvalue weighted by Crippen LogP contribution is -2.21. The van der Waals surface area contributed by atoms with E-state index < -0.39 is 5.60 Å². The van der Waals surface area contributed by atoms with E-state index in [9.17, 15) is 5.11 Å². The second-order valence-electron chi connectivity index (χ2n) is 3.79. The molecule has 1 N–H and O–H groups in total. The highest BCUT2D eigenvalue weighted by atomic mass is 16.6. The smallest absolute Gasteiger partial charge is 0.149 e. The first kappa shape index (κ1) is 9.57. The van der Waals surface area contributed by atoms with Gasteiger partial charge in [0.25, 0.3) is 0 Å². The van der Waals surface area contributed by atoms with Crippen LogP contribution in [0.1, 0.15) is 33.6 Å². The first-order chi connectivity index (χ1) is 5.47. The molecule has 2 heteroatoms. The van der Waals surface area contributed by atoms with E-state index in [0.29, 0.717) is 6.61 Å². The molecule has 0 amide bonds. The number of hydrogen-bond donors (Lipinski definition) is 1. The molecule has 1 heterocycles. The van der Waals surface area contributed by atoms with Crippen LogP contribution in [0, 0.1) is 11.8 Å². The van der Waals surface area contributed by atoms with Gasteiger partial charge in [-0.3, -0.25) is 0 Å². The number of epoxide rings is 1. The Bertz CT molecular complexity index is 216. The van der Waals surface area contributed by atoms with Crippen molar-refractivity contribution in [3.05, 3.63) is 0 Å². The molecular weight excluding hydrogens is 152 g/mol. The van der Waals surface area contributed by atoms with E-state index >= 15 is 0 Å². The van der Waals surface area contributed by atoms with Crippen molar-refractivity contribution in [3.8, 4) is 11.8 Å². The minimum absolute atomic E-state index is 0.266. The lowest BCUT2D eigenvalue weighted by Gasteiger charge is -2.14. The highest BCUT2D eigenvalue weighted by Gasteiger charge is 2.37. The van der Waals surface area contributed by atoms with Gasteiger partial charge in [-0.25, -0.2) is 0 Å². The molecule has 0 aromatic carbocycles. The summed E-state index contributed by atoms with van der Waals surface area (Å²) in [6.45, 7) is 6.41. The molecule has 2 nitrogen and oxygen atoms in total. The minimum atomic E-state index is -0.844. The van der Waals surface area contributed by atoms with Crippen LogP contribution in [0.2, 0.25) is 0 Å². The fraction of sp³-hybridized carbons (Fsp3) is 0.800. The fourth-order valence-electron chi connectivity index (χ4n) is 0.997. The first-order valence-electron chi connectivity index (χ1n) is 4.38. The Hall–Kier alpha value is -0.520. The zero-order valence-corrected chi connectivity index (χ0v) is 7.98. The van der Waals surface area contributed by atoms with Crippen LogP contribution in [-0.2, 0) is 4.74 Å². The maximum Gasteiger partial charge on any atom is 0.149 e. The van der Waals surface area contributed by atoms with Crippen LogP contribution in [-0.4, -0.2) is 22.9 Å². The monoisotopic (exact) mass is 168 g/mol. The summed E-state index contributed by atoms with van der Waals surface area (Å²) in [6.07, 6.45) is 1.66. The van der Waals surface area contributed by atoms with Crippen LogP contribution < -0.4 is 0 Å². The summed E-state index contributed by atoms with van der Waals surface area (Å²) in [5.74, 6) is 5.78. The fourth-order valence-corrected chi connectivity index (χ4v) is 0.997. The van der Waals surface area contributed by atoms with E-state index in [-0.39, 0.29) is 5.60 Å². The lowest BCUT2D eigenvalue weighted by atomic mass is 10.0. The summed E-state index contributed by atoms with van der Waals surface area (Å²) in [5.41, 5.74) is -1.11.